The maximum atomic E-state index is 13.7. The Labute approximate surface area is 161 Å². The minimum Gasteiger partial charge on any atom is -0.480 e. The average molecular weight is 421 g/mol. The van der Waals surface area contributed by atoms with Crippen LogP contribution >= 0.6 is 0 Å². The van der Waals surface area contributed by atoms with Gasteiger partial charge in [0.15, 0.2) is 9.84 Å². The first kappa shape index (κ1) is 20.9. The summed E-state index contributed by atoms with van der Waals surface area (Å²) < 4.78 is 66.7. The van der Waals surface area contributed by atoms with E-state index in [1.807, 2.05) is 7.05 Å². The highest BCUT2D eigenvalue weighted by molar-refractivity contribution is 7.92. The van der Waals surface area contributed by atoms with Crippen LogP contribution < -0.4 is 10.2 Å². The molecule has 1 aromatic rings. The van der Waals surface area contributed by atoms with Crippen molar-refractivity contribution in [2.45, 2.75) is 28.8 Å². The fourth-order valence-electron chi connectivity index (χ4n) is 3.56. The third kappa shape index (κ3) is 4.11. The topological polar surface area (TPSA) is 90.0 Å². The highest BCUT2D eigenvalue weighted by Crippen LogP contribution is 2.39. The lowest BCUT2D eigenvalue weighted by Crippen LogP contribution is -2.44. The number of nitrogens with zero attached hydrogens (tertiary/aromatic N) is 2. The van der Waals surface area contributed by atoms with Gasteiger partial charge in [0, 0.05) is 38.4 Å². The summed E-state index contributed by atoms with van der Waals surface area (Å²) in [7, 11) is -2.42. The van der Waals surface area contributed by atoms with Gasteiger partial charge in [0.05, 0.1) is 15.7 Å². The fraction of sp³-hybridized carbons (Fsp3) is 0.588. The Morgan fingerprint density at radius 3 is 2.39 bits per heavy atom. The van der Waals surface area contributed by atoms with Gasteiger partial charge in [0.2, 0.25) is 0 Å². The molecule has 2 atom stereocenters. The first-order valence-corrected chi connectivity index (χ1v) is 10.4. The summed E-state index contributed by atoms with van der Waals surface area (Å²) in [6.07, 6.45) is -5.11. The fourth-order valence-corrected chi connectivity index (χ4v) is 5.42. The lowest BCUT2D eigenvalue weighted by molar-refractivity contribution is -0.140. The minimum atomic E-state index is -4.84. The Kier molecular flexibility index (Phi) is 5.61. The van der Waals surface area contributed by atoms with Gasteiger partial charge in [-0.05, 0) is 31.7 Å². The van der Waals surface area contributed by atoms with Crippen LogP contribution in [-0.2, 0) is 20.8 Å². The van der Waals surface area contributed by atoms with Gasteiger partial charge in [-0.2, -0.15) is 13.2 Å². The van der Waals surface area contributed by atoms with Gasteiger partial charge in [-0.25, -0.2) is 8.42 Å². The van der Waals surface area contributed by atoms with Crippen molar-refractivity contribution < 1.29 is 31.5 Å². The molecule has 3 rings (SSSR count). The van der Waals surface area contributed by atoms with E-state index in [4.69, 9.17) is 5.11 Å². The van der Waals surface area contributed by atoms with Crippen molar-refractivity contribution in [3.8, 4) is 0 Å². The molecule has 0 unspecified atom stereocenters. The molecule has 156 valence electrons. The number of benzene rings is 1. The van der Waals surface area contributed by atoms with E-state index in [0.717, 1.165) is 12.1 Å². The number of hydrogen-bond donors (Lipinski definition) is 2. The van der Waals surface area contributed by atoms with Crippen molar-refractivity contribution in [3.05, 3.63) is 23.8 Å². The van der Waals surface area contributed by atoms with Crippen LogP contribution in [0, 0.1) is 0 Å². The maximum Gasteiger partial charge on any atom is 0.417 e. The lowest BCUT2D eigenvalue weighted by atomic mass is 10.1. The molecular formula is C17H22F3N3O4S. The number of carboxylic acids is 1. The molecule has 2 heterocycles. The molecule has 11 heteroatoms. The van der Waals surface area contributed by atoms with Crippen LogP contribution in [0.2, 0.25) is 0 Å². The second kappa shape index (κ2) is 7.53. The summed E-state index contributed by atoms with van der Waals surface area (Å²) in [4.78, 5) is 14.1. The minimum absolute atomic E-state index is 0.198. The van der Waals surface area contributed by atoms with E-state index in [1.165, 1.54) is 6.07 Å². The quantitative estimate of drug-likeness (QED) is 0.751. The zero-order valence-corrected chi connectivity index (χ0v) is 16.1. The van der Waals surface area contributed by atoms with E-state index in [-0.39, 0.29) is 13.0 Å². The van der Waals surface area contributed by atoms with E-state index in [0.29, 0.717) is 31.9 Å². The molecule has 0 aromatic heterocycles. The van der Waals surface area contributed by atoms with Crippen LogP contribution in [-0.4, -0.2) is 75.5 Å². The molecule has 0 spiro atoms. The largest absolute Gasteiger partial charge is 0.480 e. The number of alkyl halides is 3. The molecule has 2 aliphatic heterocycles. The monoisotopic (exact) mass is 421 g/mol. The number of likely N-dealkylation sites (N-methyl/N-ethyl adjacent to an activating group) is 1. The second-order valence-corrected chi connectivity index (χ2v) is 9.37. The Bertz CT molecular complexity index is 852. The lowest BCUT2D eigenvalue weighted by Gasteiger charge is -2.34. The summed E-state index contributed by atoms with van der Waals surface area (Å²) in [5.41, 5.74) is -0.880. The number of carbonyl (C=O) groups is 1. The van der Waals surface area contributed by atoms with Crippen molar-refractivity contribution in [3.63, 3.8) is 0 Å². The number of carboxylic acid groups (broad SMARTS) is 1. The number of rotatable bonds is 4. The Morgan fingerprint density at radius 2 is 1.86 bits per heavy atom. The van der Waals surface area contributed by atoms with Crippen LogP contribution in [0.3, 0.4) is 0 Å². The van der Waals surface area contributed by atoms with Crippen molar-refractivity contribution in [2.75, 3.05) is 44.7 Å². The zero-order chi connectivity index (χ0) is 20.7. The van der Waals surface area contributed by atoms with E-state index < -0.39 is 43.7 Å². The molecule has 0 aliphatic carbocycles. The Hall–Kier alpha value is -1.85. The van der Waals surface area contributed by atoms with Crippen molar-refractivity contribution >= 4 is 21.5 Å². The summed E-state index contributed by atoms with van der Waals surface area (Å²) in [5.74, 6) is -1.22. The van der Waals surface area contributed by atoms with Gasteiger partial charge >= 0.3 is 12.1 Å². The second-order valence-electron chi connectivity index (χ2n) is 7.17. The summed E-state index contributed by atoms with van der Waals surface area (Å²) in [6, 6.07) is 2.19. The molecule has 0 radical (unpaired) electrons. The number of aliphatic carboxylic acids is 1. The third-order valence-corrected chi connectivity index (χ3v) is 7.48. The van der Waals surface area contributed by atoms with Crippen LogP contribution in [0.25, 0.3) is 0 Å². The first-order chi connectivity index (χ1) is 13.0. The Morgan fingerprint density at radius 1 is 1.21 bits per heavy atom. The molecule has 0 bridgehead atoms. The van der Waals surface area contributed by atoms with Gasteiger partial charge in [-0.15, -0.1) is 0 Å². The predicted molar refractivity (Wildman–Crippen MR) is 96.2 cm³/mol. The van der Waals surface area contributed by atoms with Crippen LogP contribution in [0.5, 0.6) is 0 Å². The van der Waals surface area contributed by atoms with Crippen LogP contribution in [0.15, 0.2) is 23.1 Å². The van der Waals surface area contributed by atoms with Crippen molar-refractivity contribution in [2.24, 2.45) is 0 Å². The zero-order valence-electron chi connectivity index (χ0n) is 15.2. The van der Waals surface area contributed by atoms with Crippen molar-refractivity contribution in [1.82, 2.24) is 10.2 Å². The highest BCUT2D eigenvalue weighted by atomic mass is 32.2. The Balaban J connectivity index is 1.95. The molecule has 7 nitrogen and oxygen atoms in total. The van der Waals surface area contributed by atoms with E-state index in [9.17, 15) is 26.4 Å². The molecule has 28 heavy (non-hydrogen) atoms. The smallest absolute Gasteiger partial charge is 0.417 e. The van der Waals surface area contributed by atoms with Crippen LogP contribution in [0.1, 0.15) is 12.0 Å². The normalized spacial score (nSPS) is 24.5. The van der Waals surface area contributed by atoms with Gasteiger partial charge < -0.3 is 20.2 Å². The molecule has 0 saturated carbocycles. The van der Waals surface area contributed by atoms with E-state index >= 15 is 0 Å². The number of halogens is 3. The van der Waals surface area contributed by atoms with Crippen LogP contribution in [0.4, 0.5) is 18.9 Å². The highest BCUT2D eigenvalue weighted by Gasteiger charge is 2.43. The van der Waals surface area contributed by atoms with Gasteiger partial charge in [-0.1, -0.05) is 0 Å². The predicted octanol–water partition coefficient (Wildman–Crippen LogP) is 1.05. The number of anilines is 1. The molecule has 0 amide bonds. The number of nitrogens with one attached hydrogen (secondary N) is 1. The number of piperazine rings is 1. The number of hydrogen-bond acceptors (Lipinski definition) is 6. The molecule has 2 saturated heterocycles. The molecule has 2 aliphatic rings. The maximum absolute atomic E-state index is 13.7. The molecular weight excluding hydrogens is 399 g/mol. The van der Waals surface area contributed by atoms with Gasteiger partial charge in [0.1, 0.15) is 6.04 Å². The molecule has 2 N–H and O–H groups in total. The third-order valence-electron chi connectivity index (χ3n) is 5.27. The summed E-state index contributed by atoms with van der Waals surface area (Å²) >= 11 is 0. The van der Waals surface area contributed by atoms with Crippen molar-refractivity contribution in [1.29, 1.82) is 0 Å². The molecule has 1 aromatic carbocycles. The standard InChI is InChI=1S/C17H22F3N3O4S/c1-22-4-6-23(7-5-22)11-2-3-15(13(8-11)17(18,19)20)28(26,27)12-9-14(16(24)25)21-10-12/h2-3,8,12,14,21H,4-7,9-10H2,1H3,(H,24,25)/t12-,14+/m1/s1. The number of sulfone groups is 1. The average Bonchev–Trinajstić information content (AvgIpc) is 3.12. The summed E-state index contributed by atoms with van der Waals surface area (Å²) in [6.45, 7) is 2.30. The first-order valence-electron chi connectivity index (χ1n) is 8.85. The summed E-state index contributed by atoms with van der Waals surface area (Å²) in [5, 5.41) is 10.3. The van der Waals surface area contributed by atoms with Gasteiger partial charge in [0.25, 0.3) is 0 Å². The SMILES string of the molecule is CN1CCN(c2ccc(S(=O)(=O)[C@H]3CN[C@H](C(=O)O)C3)c(C(F)(F)F)c2)CC1. The van der Waals surface area contributed by atoms with E-state index in [1.54, 1.807) is 4.90 Å². The molecule has 2 fully saturated rings. The van der Waals surface area contributed by atoms with Gasteiger partial charge in [-0.3, -0.25) is 4.79 Å². The van der Waals surface area contributed by atoms with E-state index in [2.05, 4.69) is 10.2 Å².